The number of primary amides is 1. The van der Waals surface area contributed by atoms with Gasteiger partial charge in [-0.3, -0.25) is 4.79 Å². The van der Waals surface area contributed by atoms with E-state index >= 15 is 0 Å². The van der Waals surface area contributed by atoms with Crippen LogP contribution in [0, 0.1) is 17.6 Å². The third-order valence-corrected chi connectivity index (χ3v) is 1.72. The molecular weight excluding hydrogens is 176 g/mol. The standard InChI is InChI=1S/C9H8F2NO/c1-5(9(12)13)6-2-3-7(10)8(11)4-6/h2-4H,1H3,(H2,12,13). The largest absolute Gasteiger partial charge is 0.369 e. The van der Waals surface area contributed by atoms with Crippen LogP contribution in [0.15, 0.2) is 18.2 Å². The summed E-state index contributed by atoms with van der Waals surface area (Å²) in [7, 11) is 0. The molecular formula is C9H8F2NO. The molecule has 0 spiro atoms. The van der Waals surface area contributed by atoms with Gasteiger partial charge in [0.25, 0.3) is 0 Å². The first-order valence-electron chi connectivity index (χ1n) is 3.61. The maximum Gasteiger partial charge on any atom is 0.229 e. The predicted molar refractivity (Wildman–Crippen MR) is 43.6 cm³/mol. The van der Waals surface area contributed by atoms with Crippen LogP contribution >= 0.6 is 0 Å². The lowest BCUT2D eigenvalue weighted by Crippen LogP contribution is -2.19. The average Bonchev–Trinajstić information content (AvgIpc) is 2.08. The predicted octanol–water partition coefficient (Wildman–Crippen LogP) is 1.39. The molecule has 0 aliphatic rings. The molecule has 4 heteroatoms. The normalized spacial score (nSPS) is 10.5. The first kappa shape index (κ1) is 9.64. The van der Waals surface area contributed by atoms with E-state index in [1.165, 1.54) is 13.0 Å². The van der Waals surface area contributed by atoms with Gasteiger partial charge in [0.05, 0.1) is 5.92 Å². The third kappa shape index (κ3) is 2.02. The van der Waals surface area contributed by atoms with E-state index < -0.39 is 17.5 Å². The summed E-state index contributed by atoms with van der Waals surface area (Å²) in [6.45, 7) is 1.45. The summed E-state index contributed by atoms with van der Waals surface area (Å²) >= 11 is 0. The zero-order valence-electron chi connectivity index (χ0n) is 6.97. The van der Waals surface area contributed by atoms with E-state index in [4.69, 9.17) is 5.73 Å². The quantitative estimate of drug-likeness (QED) is 0.741. The van der Waals surface area contributed by atoms with Gasteiger partial charge in [0.2, 0.25) is 5.91 Å². The Kier molecular flexibility index (Phi) is 2.60. The molecule has 2 N–H and O–H groups in total. The van der Waals surface area contributed by atoms with Gasteiger partial charge in [-0.05, 0) is 24.6 Å². The van der Waals surface area contributed by atoms with Crippen molar-refractivity contribution in [3.63, 3.8) is 0 Å². The van der Waals surface area contributed by atoms with Crippen molar-refractivity contribution in [1.29, 1.82) is 0 Å². The van der Waals surface area contributed by atoms with Crippen LogP contribution < -0.4 is 5.73 Å². The molecule has 0 saturated heterocycles. The summed E-state index contributed by atoms with van der Waals surface area (Å²) in [6.07, 6.45) is 0. The van der Waals surface area contributed by atoms with Gasteiger partial charge < -0.3 is 5.73 Å². The molecule has 0 fully saturated rings. The van der Waals surface area contributed by atoms with Crippen molar-refractivity contribution >= 4 is 5.91 Å². The Morgan fingerprint density at radius 1 is 1.31 bits per heavy atom. The fraction of sp³-hybridized carbons (Fsp3) is 0.111. The van der Waals surface area contributed by atoms with Crippen molar-refractivity contribution < 1.29 is 13.6 Å². The topological polar surface area (TPSA) is 43.1 Å². The number of rotatable bonds is 2. The summed E-state index contributed by atoms with van der Waals surface area (Å²) in [5.41, 5.74) is 5.26. The Balaban J connectivity index is 3.03. The number of hydrogen-bond donors (Lipinski definition) is 1. The Bertz CT molecular complexity index is 338. The van der Waals surface area contributed by atoms with Gasteiger partial charge in [-0.25, -0.2) is 8.78 Å². The average molecular weight is 184 g/mol. The van der Waals surface area contributed by atoms with Crippen LogP contribution in [0.3, 0.4) is 0 Å². The lowest BCUT2D eigenvalue weighted by atomic mass is 10.0. The van der Waals surface area contributed by atoms with Crippen LogP contribution in [-0.4, -0.2) is 5.91 Å². The molecule has 0 aliphatic heterocycles. The van der Waals surface area contributed by atoms with Gasteiger partial charge in [0.1, 0.15) is 0 Å². The summed E-state index contributed by atoms with van der Waals surface area (Å²) in [4.78, 5) is 10.7. The number of carbonyl (C=O) groups excluding carboxylic acids is 1. The molecule has 1 amide bonds. The van der Waals surface area contributed by atoms with Crippen molar-refractivity contribution in [2.45, 2.75) is 6.92 Å². The van der Waals surface area contributed by atoms with E-state index in [9.17, 15) is 13.6 Å². The maximum absolute atomic E-state index is 12.7. The second kappa shape index (κ2) is 3.51. The van der Waals surface area contributed by atoms with Crippen molar-refractivity contribution in [3.05, 3.63) is 41.3 Å². The van der Waals surface area contributed by atoms with E-state index in [0.29, 0.717) is 5.56 Å². The van der Waals surface area contributed by atoms with Crippen LogP contribution in [0.2, 0.25) is 0 Å². The first-order chi connectivity index (χ1) is 6.02. The zero-order chi connectivity index (χ0) is 10.0. The van der Waals surface area contributed by atoms with Gasteiger partial charge in [-0.1, -0.05) is 6.07 Å². The molecule has 0 heterocycles. The molecule has 0 bridgehead atoms. The SMILES string of the molecule is C[C](C(N)=O)c1ccc(F)c(F)c1. The highest BCUT2D eigenvalue weighted by molar-refractivity contribution is 5.92. The second-order valence-corrected chi connectivity index (χ2v) is 2.62. The van der Waals surface area contributed by atoms with Crippen LogP contribution in [0.25, 0.3) is 0 Å². The molecule has 2 nitrogen and oxygen atoms in total. The zero-order valence-corrected chi connectivity index (χ0v) is 6.97. The van der Waals surface area contributed by atoms with Crippen LogP contribution in [0.1, 0.15) is 12.5 Å². The Hall–Kier alpha value is -1.45. The molecule has 0 saturated carbocycles. The van der Waals surface area contributed by atoms with E-state index in [2.05, 4.69) is 0 Å². The lowest BCUT2D eigenvalue weighted by molar-refractivity contribution is -0.115. The van der Waals surface area contributed by atoms with Crippen LogP contribution in [0.5, 0.6) is 0 Å². The van der Waals surface area contributed by atoms with Crippen LogP contribution in [0.4, 0.5) is 8.78 Å². The second-order valence-electron chi connectivity index (χ2n) is 2.62. The monoisotopic (exact) mass is 184 g/mol. The molecule has 0 unspecified atom stereocenters. The third-order valence-electron chi connectivity index (χ3n) is 1.72. The highest BCUT2D eigenvalue weighted by Crippen LogP contribution is 2.16. The number of nitrogens with two attached hydrogens (primary N) is 1. The summed E-state index contributed by atoms with van der Waals surface area (Å²) < 4.78 is 25.1. The molecule has 1 aromatic rings. The number of benzene rings is 1. The fourth-order valence-electron chi connectivity index (χ4n) is 0.872. The number of hydrogen-bond acceptors (Lipinski definition) is 1. The molecule has 69 valence electrons. The van der Waals surface area contributed by atoms with Crippen molar-refractivity contribution in [2.24, 2.45) is 5.73 Å². The maximum atomic E-state index is 12.7. The van der Waals surface area contributed by atoms with Gasteiger partial charge in [0.15, 0.2) is 11.6 Å². The lowest BCUT2D eigenvalue weighted by Gasteiger charge is -2.06. The molecule has 0 atom stereocenters. The van der Waals surface area contributed by atoms with Gasteiger partial charge >= 0.3 is 0 Å². The van der Waals surface area contributed by atoms with E-state index in [-0.39, 0.29) is 5.92 Å². The van der Waals surface area contributed by atoms with Gasteiger partial charge in [-0.15, -0.1) is 0 Å². The van der Waals surface area contributed by atoms with E-state index in [1.807, 2.05) is 0 Å². The highest BCUT2D eigenvalue weighted by atomic mass is 19.2. The Labute approximate surface area is 74.4 Å². The Morgan fingerprint density at radius 3 is 2.38 bits per heavy atom. The van der Waals surface area contributed by atoms with Crippen molar-refractivity contribution in [2.75, 3.05) is 0 Å². The van der Waals surface area contributed by atoms with Crippen molar-refractivity contribution in [3.8, 4) is 0 Å². The van der Waals surface area contributed by atoms with Gasteiger partial charge in [-0.2, -0.15) is 0 Å². The Morgan fingerprint density at radius 2 is 1.92 bits per heavy atom. The summed E-state index contributed by atoms with van der Waals surface area (Å²) in [5, 5.41) is 0. The first-order valence-corrected chi connectivity index (χ1v) is 3.61. The van der Waals surface area contributed by atoms with Gasteiger partial charge in [0, 0.05) is 0 Å². The number of carbonyl (C=O) groups is 1. The van der Waals surface area contributed by atoms with E-state index in [1.54, 1.807) is 0 Å². The van der Waals surface area contributed by atoms with Crippen molar-refractivity contribution in [1.82, 2.24) is 0 Å². The minimum atomic E-state index is -0.988. The highest BCUT2D eigenvalue weighted by Gasteiger charge is 2.14. The summed E-state index contributed by atoms with van der Waals surface area (Å²) in [5.74, 6) is -2.37. The fourth-order valence-corrected chi connectivity index (χ4v) is 0.872. The molecule has 1 aromatic carbocycles. The number of halogens is 2. The minimum absolute atomic E-state index is 0.207. The minimum Gasteiger partial charge on any atom is -0.369 e. The molecule has 13 heavy (non-hydrogen) atoms. The number of amides is 1. The smallest absolute Gasteiger partial charge is 0.229 e. The van der Waals surface area contributed by atoms with Crippen LogP contribution in [-0.2, 0) is 4.79 Å². The molecule has 1 rings (SSSR count). The molecule has 1 radical (unpaired) electrons. The molecule has 0 aromatic heterocycles. The molecule has 0 aliphatic carbocycles. The summed E-state index contributed by atoms with van der Waals surface area (Å²) in [6, 6.07) is 3.20. The van der Waals surface area contributed by atoms with E-state index in [0.717, 1.165) is 12.1 Å².